The van der Waals surface area contributed by atoms with E-state index in [0.29, 0.717) is 16.2 Å². The molecule has 0 bridgehead atoms. The van der Waals surface area contributed by atoms with Gasteiger partial charge in [0.15, 0.2) is 0 Å². The van der Waals surface area contributed by atoms with Crippen LogP contribution in [0, 0.1) is 5.82 Å². The fraction of sp³-hybridized carbons (Fsp3) is 0.0667. The van der Waals surface area contributed by atoms with Crippen LogP contribution < -0.4 is 11.1 Å². The van der Waals surface area contributed by atoms with Crippen LogP contribution in [-0.4, -0.2) is 10.9 Å². The Bertz CT molecular complexity index is 641. The Kier molecular flexibility index (Phi) is 4.42. The summed E-state index contributed by atoms with van der Waals surface area (Å²) in [5.41, 5.74) is 7.20. The van der Waals surface area contributed by atoms with Crippen LogP contribution in [0.3, 0.4) is 0 Å². The molecule has 5 heteroatoms. The number of thiocarbonyl (C=S) groups is 1. The maximum absolute atomic E-state index is 13.4. The van der Waals surface area contributed by atoms with Crippen molar-refractivity contribution in [2.45, 2.75) is 6.42 Å². The third-order valence-corrected chi connectivity index (χ3v) is 3.00. The van der Waals surface area contributed by atoms with Crippen LogP contribution in [0.5, 0.6) is 0 Å². The van der Waals surface area contributed by atoms with E-state index in [0.717, 1.165) is 5.56 Å². The molecule has 0 spiro atoms. The quantitative estimate of drug-likeness (QED) is 0.850. The molecular formula is C15H13FN2OS. The summed E-state index contributed by atoms with van der Waals surface area (Å²) in [6.45, 7) is 0. The Labute approximate surface area is 121 Å². The van der Waals surface area contributed by atoms with Gasteiger partial charge in [-0.15, -0.1) is 0 Å². The number of carbonyl (C=O) groups excluding carboxylic acids is 1. The smallest absolute Gasteiger partial charge is 0.228 e. The molecule has 1 amide bonds. The molecule has 2 aromatic carbocycles. The van der Waals surface area contributed by atoms with Gasteiger partial charge < -0.3 is 11.1 Å². The van der Waals surface area contributed by atoms with E-state index in [1.54, 1.807) is 42.5 Å². The van der Waals surface area contributed by atoms with Gasteiger partial charge in [-0.2, -0.15) is 0 Å². The zero-order valence-electron chi connectivity index (χ0n) is 10.6. The van der Waals surface area contributed by atoms with Crippen molar-refractivity contribution in [3.8, 4) is 0 Å². The van der Waals surface area contributed by atoms with Gasteiger partial charge >= 0.3 is 0 Å². The minimum Gasteiger partial charge on any atom is -0.389 e. The third-order valence-electron chi connectivity index (χ3n) is 2.76. The monoisotopic (exact) mass is 288 g/mol. The van der Waals surface area contributed by atoms with Crippen molar-refractivity contribution >= 4 is 28.8 Å². The Morgan fingerprint density at radius 3 is 2.40 bits per heavy atom. The third kappa shape index (κ3) is 3.61. The fourth-order valence-corrected chi connectivity index (χ4v) is 1.87. The normalized spacial score (nSPS) is 10.1. The lowest BCUT2D eigenvalue weighted by molar-refractivity contribution is -0.115. The van der Waals surface area contributed by atoms with E-state index in [4.69, 9.17) is 18.0 Å². The van der Waals surface area contributed by atoms with Crippen LogP contribution in [-0.2, 0) is 11.2 Å². The average Bonchev–Trinajstić information content (AvgIpc) is 2.42. The first kappa shape index (κ1) is 14.1. The summed E-state index contributed by atoms with van der Waals surface area (Å²) in [7, 11) is 0. The number of amides is 1. The van der Waals surface area contributed by atoms with E-state index in [1.807, 2.05) is 0 Å². The van der Waals surface area contributed by atoms with Gasteiger partial charge in [-0.3, -0.25) is 4.79 Å². The van der Waals surface area contributed by atoms with Crippen molar-refractivity contribution in [2.24, 2.45) is 5.73 Å². The molecule has 0 heterocycles. The molecule has 0 saturated carbocycles. The molecule has 0 atom stereocenters. The molecule has 2 rings (SSSR count). The second-order valence-corrected chi connectivity index (χ2v) is 4.70. The van der Waals surface area contributed by atoms with Gasteiger partial charge in [0, 0.05) is 11.3 Å². The fourth-order valence-electron chi connectivity index (χ4n) is 1.74. The van der Waals surface area contributed by atoms with E-state index in [1.165, 1.54) is 6.07 Å². The van der Waals surface area contributed by atoms with Gasteiger partial charge in [-0.05, 0) is 35.9 Å². The summed E-state index contributed by atoms with van der Waals surface area (Å²) < 4.78 is 13.4. The van der Waals surface area contributed by atoms with Crippen molar-refractivity contribution in [3.63, 3.8) is 0 Å². The minimum absolute atomic E-state index is 0.0102. The topological polar surface area (TPSA) is 55.1 Å². The first-order valence-electron chi connectivity index (χ1n) is 5.99. The predicted octanol–water partition coefficient (Wildman–Crippen LogP) is 2.64. The summed E-state index contributed by atoms with van der Waals surface area (Å²) in [6, 6.07) is 13.1. The van der Waals surface area contributed by atoms with Crippen LogP contribution in [0.1, 0.15) is 11.1 Å². The molecule has 3 nitrogen and oxygen atoms in total. The number of halogens is 1. The highest BCUT2D eigenvalue weighted by Gasteiger charge is 2.08. The number of hydrogen-bond donors (Lipinski definition) is 2. The molecule has 0 aliphatic carbocycles. The zero-order valence-corrected chi connectivity index (χ0v) is 11.4. The van der Waals surface area contributed by atoms with Gasteiger partial charge in [0.1, 0.15) is 10.8 Å². The number of nitrogens with one attached hydrogen (secondary N) is 1. The number of nitrogens with two attached hydrogens (primary N) is 1. The molecule has 102 valence electrons. The van der Waals surface area contributed by atoms with Crippen molar-refractivity contribution in [2.75, 3.05) is 5.32 Å². The molecule has 0 fully saturated rings. The molecule has 3 N–H and O–H groups in total. The summed E-state index contributed by atoms with van der Waals surface area (Å²) >= 11 is 4.84. The molecule has 20 heavy (non-hydrogen) atoms. The molecule has 0 radical (unpaired) electrons. The first-order valence-corrected chi connectivity index (χ1v) is 6.40. The lowest BCUT2D eigenvalue weighted by Gasteiger charge is -2.07. The number of anilines is 1. The molecule has 0 saturated heterocycles. The zero-order chi connectivity index (χ0) is 14.5. The number of carbonyl (C=O) groups is 1. The first-order chi connectivity index (χ1) is 9.56. The van der Waals surface area contributed by atoms with Gasteiger partial charge in [0.05, 0.1) is 6.42 Å². The number of hydrogen-bond acceptors (Lipinski definition) is 2. The molecule has 0 aromatic heterocycles. The molecule has 0 aliphatic rings. The average molecular weight is 288 g/mol. The van der Waals surface area contributed by atoms with E-state index < -0.39 is 0 Å². The van der Waals surface area contributed by atoms with Crippen LogP contribution >= 0.6 is 12.2 Å². The Hall–Kier alpha value is -2.27. The van der Waals surface area contributed by atoms with Crippen molar-refractivity contribution < 1.29 is 9.18 Å². The van der Waals surface area contributed by atoms with Gasteiger partial charge in [-0.25, -0.2) is 4.39 Å². The second kappa shape index (κ2) is 6.25. The van der Waals surface area contributed by atoms with Crippen LogP contribution in [0.15, 0.2) is 48.5 Å². The Morgan fingerprint density at radius 1 is 1.15 bits per heavy atom. The van der Waals surface area contributed by atoms with E-state index in [9.17, 15) is 9.18 Å². The number of rotatable bonds is 4. The highest BCUT2D eigenvalue weighted by molar-refractivity contribution is 7.80. The van der Waals surface area contributed by atoms with Gasteiger partial charge in [-0.1, -0.05) is 30.4 Å². The second-order valence-electron chi connectivity index (χ2n) is 4.26. The maximum atomic E-state index is 13.4. The molecule has 2 aromatic rings. The van der Waals surface area contributed by atoms with Crippen molar-refractivity contribution in [1.29, 1.82) is 0 Å². The van der Waals surface area contributed by atoms with Gasteiger partial charge in [0.25, 0.3) is 0 Å². The van der Waals surface area contributed by atoms with E-state index in [-0.39, 0.29) is 18.1 Å². The summed E-state index contributed by atoms with van der Waals surface area (Å²) in [6.07, 6.45) is -0.0102. The SMILES string of the molecule is NC(=S)c1ccc(NC(=O)Cc2ccccc2F)cc1. The van der Waals surface area contributed by atoms with Crippen molar-refractivity contribution in [1.82, 2.24) is 0 Å². The van der Waals surface area contributed by atoms with E-state index in [2.05, 4.69) is 5.32 Å². The summed E-state index contributed by atoms with van der Waals surface area (Å²) in [5, 5.41) is 2.69. The predicted molar refractivity (Wildman–Crippen MR) is 81.1 cm³/mol. The highest BCUT2D eigenvalue weighted by atomic mass is 32.1. The Balaban J connectivity index is 2.01. The van der Waals surface area contributed by atoms with Gasteiger partial charge in [0.2, 0.25) is 5.91 Å². The summed E-state index contributed by atoms with van der Waals surface area (Å²) in [4.78, 5) is 12.1. The standard InChI is InChI=1S/C15H13FN2OS/c16-13-4-2-1-3-11(13)9-14(19)18-12-7-5-10(6-8-12)15(17)20/h1-8H,9H2,(H2,17,20)(H,18,19). The Morgan fingerprint density at radius 2 is 1.80 bits per heavy atom. The maximum Gasteiger partial charge on any atom is 0.228 e. The largest absolute Gasteiger partial charge is 0.389 e. The molecular weight excluding hydrogens is 275 g/mol. The number of benzene rings is 2. The van der Waals surface area contributed by atoms with E-state index >= 15 is 0 Å². The van der Waals surface area contributed by atoms with Crippen molar-refractivity contribution in [3.05, 3.63) is 65.5 Å². The lowest BCUT2D eigenvalue weighted by Crippen LogP contribution is -2.15. The minimum atomic E-state index is -0.383. The van der Waals surface area contributed by atoms with Crippen LogP contribution in [0.2, 0.25) is 0 Å². The lowest BCUT2D eigenvalue weighted by atomic mass is 10.1. The van der Waals surface area contributed by atoms with Crippen LogP contribution in [0.25, 0.3) is 0 Å². The molecule has 0 aliphatic heterocycles. The highest BCUT2D eigenvalue weighted by Crippen LogP contribution is 2.12. The van der Waals surface area contributed by atoms with Crippen LogP contribution in [0.4, 0.5) is 10.1 Å². The summed E-state index contributed by atoms with van der Waals surface area (Å²) in [5.74, 6) is -0.662. The molecule has 0 unspecified atom stereocenters.